The number of hydrogen-bond acceptors (Lipinski definition) is 3. The molecule has 0 amide bonds. The fourth-order valence-corrected chi connectivity index (χ4v) is 2.21. The van der Waals surface area contributed by atoms with Gasteiger partial charge in [0.05, 0.1) is 11.4 Å². The van der Waals surface area contributed by atoms with E-state index in [0.717, 1.165) is 9.26 Å². The number of nitrogens with two attached hydrogens (primary N) is 1. The third kappa shape index (κ3) is 2.94. The molecule has 0 bridgehead atoms. The lowest BCUT2D eigenvalue weighted by Gasteiger charge is -2.11. The molecule has 0 saturated carbocycles. The maximum Gasteiger partial charge on any atom is 0.124 e. The van der Waals surface area contributed by atoms with Gasteiger partial charge in [0.2, 0.25) is 0 Å². The molecular formula is C12H9FIN3S. The molecule has 0 fully saturated rings. The Kier molecular flexibility index (Phi) is 4.07. The Bertz CT molecular complexity index is 604. The summed E-state index contributed by atoms with van der Waals surface area (Å²) in [6.07, 6.45) is 1.62. The molecule has 0 aliphatic heterocycles. The molecule has 1 aromatic heterocycles. The second-order valence-electron chi connectivity index (χ2n) is 3.51. The van der Waals surface area contributed by atoms with Gasteiger partial charge in [-0.3, -0.25) is 4.98 Å². The largest absolute Gasteiger partial charge is 0.388 e. The quantitative estimate of drug-likeness (QED) is 0.641. The van der Waals surface area contributed by atoms with E-state index in [9.17, 15) is 4.39 Å². The van der Waals surface area contributed by atoms with Crippen LogP contribution in [0.25, 0.3) is 0 Å². The Morgan fingerprint density at radius 3 is 2.78 bits per heavy atom. The van der Waals surface area contributed by atoms with Crippen molar-refractivity contribution in [1.82, 2.24) is 4.98 Å². The van der Waals surface area contributed by atoms with Gasteiger partial charge in [0.1, 0.15) is 16.5 Å². The molecule has 0 radical (unpaired) electrons. The minimum absolute atomic E-state index is 0.218. The Morgan fingerprint density at radius 2 is 2.11 bits per heavy atom. The molecule has 92 valence electrons. The third-order valence-corrected chi connectivity index (χ3v) is 3.33. The zero-order valence-corrected chi connectivity index (χ0v) is 12.1. The van der Waals surface area contributed by atoms with E-state index in [2.05, 4.69) is 32.9 Å². The van der Waals surface area contributed by atoms with Crippen LogP contribution in [0, 0.1) is 9.39 Å². The molecule has 3 nitrogen and oxygen atoms in total. The summed E-state index contributed by atoms with van der Waals surface area (Å²) in [6.45, 7) is 0. The van der Waals surface area contributed by atoms with Crippen LogP contribution in [0.15, 0.2) is 36.5 Å². The van der Waals surface area contributed by atoms with E-state index in [4.69, 9.17) is 18.0 Å². The molecule has 18 heavy (non-hydrogen) atoms. The number of benzene rings is 1. The van der Waals surface area contributed by atoms with Gasteiger partial charge in [-0.15, -0.1) is 0 Å². The molecule has 0 aliphatic carbocycles. The number of thiocarbonyl (C=S) groups is 1. The van der Waals surface area contributed by atoms with Gasteiger partial charge in [-0.25, -0.2) is 4.39 Å². The average Bonchev–Trinajstić information content (AvgIpc) is 2.33. The summed E-state index contributed by atoms with van der Waals surface area (Å²) in [6, 6.07) is 8.09. The summed E-state index contributed by atoms with van der Waals surface area (Å²) in [5, 5.41) is 3.15. The molecule has 2 rings (SSSR count). The Balaban J connectivity index is 2.37. The van der Waals surface area contributed by atoms with Crippen LogP contribution in [0.3, 0.4) is 0 Å². The van der Waals surface area contributed by atoms with Gasteiger partial charge in [-0.2, -0.15) is 0 Å². The Morgan fingerprint density at radius 1 is 1.33 bits per heavy atom. The number of pyridine rings is 1. The Hall–Kier alpha value is -1.28. The van der Waals surface area contributed by atoms with Gasteiger partial charge in [0.25, 0.3) is 0 Å². The summed E-state index contributed by atoms with van der Waals surface area (Å²) in [4.78, 5) is 4.33. The maximum absolute atomic E-state index is 13.0. The van der Waals surface area contributed by atoms with Crippen molar-refractivity contribution in [1.29, 1.82) is 0 Å². The zero-order chi connectivity index (χ0) is 13.1. The van der Waals surface area contributed by atoms with Crippen molar-refractivity contribution < 1.29 is 4.39 Å². The smallest absolute Gasteiger partial charge is 0.124 e. The monoisotopic (exact) mass is 373 g/mol. The number of hydrogen-bond donors (Lipinski definition) is 2. The van der Waals surface area contributed by atoms with Crippen LogP contribution < -0.4 is 11.1 Å². The minimum atomic E-state index is -0.272. The summed E-state index contributed by atoms with van der Waals surface area (Å²) in [5.74, 6) is -0.272. The molecule has 0 aliphatic rings. The predicted molar refractivity (Wildman–Crippen MR) is 82.5 cm³/mol. The number of nitrogens with zero attached hydrogens (tertiary/aromatic N) is 1. The first kappa shape index (κ1) is 13.2. The van der Waals surface area contributed by atoms with Gasteiger partial charge < -0.3 is 11.1 Å². The van der Waals surface area contributed by atoms with Gasteiger partial charge in [0, 0.05) is 9.77 Å². The van der Waals surface area contributed by atoms with Crippen LogP contribution in [0.1, 0.15) is 5.69 Å². The van der Waals surface area contributed by atoms with Gasteiger partial charge >= 0.3 is 0 Å². The van der Waals surface area contributed by atoms with Crippen LogP contribution in [0.2, 0.25) is 0 Å². The molecule has 0 unspecified atom stereocenters. The molecule has 0 spiro atoms. The second kappa shape index (κ2) is 5.57. The SMILES string of the molecule is NC(=S)c1ncccc1Nc1ccc(F)cc1I. The Labute approximate surface area is 123 Å². The summed E-state index contributed by atoms with van der Waals surface area (Å²) >= 11 is 6.99. The highest BCUT2D eigenvalue weighted by Crippen LogP contribution is 2.24. The standard InChI is InChI=1S/C12H9FIN3S/c13-7-3-4-9(8(14)6-7)17-10-2-1-5-16-11(10)12(15)18/h1-6,17H,(H2,15,18). The van der Waals surface area contributed by atoms with Crippen LogP contribution in [0.5, 0.6) is 0 Å². The van der Waals surface area contributed by atoms with E-state index in [0.29, 0.717) is 11.4 Å². The van der Waals surface area contributed by atoms with E-state index >= 15 is 0 Å². The van der Waals surface area contributed by atoms with Gasteiger partial charge in [0.15, 0.2) is 0 Å². The van der Waals surface area contributed by atoms with Crippen molar-refractivity contribution in [2.24, 2.45) is 5.73 Å². The number of nitrogens with one attached hydrogen (secondary N) is 1. The van der Waals surface area contributed by atoms with Crippen LogP contribution >= 0.6 is 34.8 Å². The molecule has 3 N–H and O–H groups in total. The van der Waals surface area contributed by atoms with E-state index < -0.39 is 0 Å². The highest BCUT2D eigenvalue weighted by molar-refractivity contribution is 14.1. The fraction of sp³-hybridized carbons (Fsp3) is 0. The molecule has 0 saturated heterocycles. The lowest BCUT2D eigenvalue weighted by atomic mass is 10.2. The number of anilines is 2. The normalized spacial score (nSPS) is 10.1. The minimum Gasteiger partial charge on any atom is -0.388 e. The first-order valence-electron chi connectivity index (χ1n) is 5.05. The summed E-state index contributed by atoms with van der Waals surface area (Å²) < 4.78 is 13.8. The predicted octanol–water partition coefficient (Wildman–Crippen LogP) is 3.20. The second-order valence-corrected chi connectivity index (χ2v) is 5.12. The number of halogens is 2. The lowest BCUT2D eigenvalue weighted by molar-refractivity contribution is 0.627. The van der Waals surface area contributed by atoms with Crippen LogP contribution in [-0.2, 0) is 0 Å². The highest BCUT2D eigenvalue weighted by atomic mass is 127. The molecule has 2 aromatic rings. The van der Waals surface area contributed by atoms with E-state index in [1.165, 1.54) is 12.1 Å². The van der Waals surface area contributed by atoms with E-state index in [-0.39, 0.29) is 10.8 Å². The molecular weight excluding hydrogens is 364 g/mol. The number of rotatable bonds is 3. The molecule has 1 aromatic carbocycles. The molecule has 6 heteroatoms. The van der Waals surface area contributed by atoms with Crippen LogP contribution in [-0.4, -0.2) is 9.97 Å². The average molecular weight is 373 g/mol. The van der Waals surface area contributed by atoms with E-state index in [1.807, 2.05) is 6.07 Å². The summed E-state index contributed by atoms with van der Waals surface area (Å²) in [7, 11) is 0. The zero-order valence-electron chi connectivity index (χ0n) is 9.15. The molecule has 0 atom stereocenters. The van der Waals surface area contributed by atoms with Crippen molar-refractivity contribution in [2.45, 2.75) is 0 Å². The lowest BCUT2D eigenvalue weighted by Crippen LogP contribution is -2.14. The van der Waals surface area contributed by atoms with Gasteiger partial charge in [-0.1, -0.05) is 12.2 Å². The maximum atomic E-state index is 13.0. The van der Waals surface area contributed by atoms with Crippen LogP contribution in [0.4, 0.5) is 15.8 Å². The van der Waals surface area contributed by atoms with E-state index in [1.54, 1.807) is 18.3 Å². The molecule has 1 heterocycles. The first-order valence-corrected chi connectivity index (χ1v) is 6.53. The first-order chi connectivity index (χ1) is 8.58. The highest BCUT2D eigenvalue weighted by Gasteiger charge is 2.08. The topological polar surface area (TPSA) is 50.9 Å². The van der Waals surface area contributed by atoms with Crippen molar-refractivity contribution in [3.8, 4) is 0 Å². The third-order valence-electron chi connectivity index (χ3n) is 2.24. The number of aromatic nitrogens is 1. The van der Waals surface area contributed by atoms with Crippen molar-refractivity contribution in [2.75, 3.05) is 5.32 Å². The van der Waals surface area contributed by atoms with Crippen molar-refractivity contribution in [3.05, 3.63) is 51.6 Å². The van der Waals surface area contributed by atoms with Gasteiger partial charge in [-0.05, 0) is 52.9 Å². The fourth-order valence-electron chi connectivity index (χ4n) is 1.44. The summed E-state index contributed by atoms with van der Waals surface area (Å²) in [5.41, 5.74) is 7.60. The van der Waals surface area contributed by atoms with Crippen molar-refractivity contribution >= 4 is 51.2 Å². The van der Waals surface area contributed by atoms with Crippen molar-refractivity contribution in [3.63, 3.8) is 0 Å².